The summed E-state index contributed by atoms with van der Waals surface area (Å²) in [6.45, 7) is 4.28. The maximum atomic E-state index is 12.3. The Kier molecular flexibility index (Phi) is 5.11. The lowest BCUT2D eigenvalue weighted by Crippen LogP contribution is -2.47. The standard InChI is InChI=1S/C14H24N4O2/c1-4-12(14(19)15-11-7-5-6-8-11)18(3)9-13-17-16-10(2)20-13/h11-12H,4-9H2,1-3H3,(H,15,19)/t12-/m1/s1. The predicted octanol–water partition coefficient (Wildman–Crippen LogP) is 1.65. The van der Waals surface area contributed by atoms with Crippen LogP contribution in [0.25, 0.3) is 0 Å². The van der Waals surface area contributed by atoms with E-state index in [1.54, 1.807) is 6.92 Å². The summed E-state index contributed by atoms with van der Waals surface area (Å²) in [5.74, 6) is 1.21. The number of nitrogens with zero attached hydrogens (tertiary/aromatic N) is 3. The van der Waals surface area contributed by atoms with Crippen molar-refractivity contribution in [3.63, 3.8) is 0 Å². The van der Waals surface area contributed by atoms with Crippen LogP contribution >= 0.6 is 0 Å². The van der Waals surface area contributed by atoms with Crippen molar-refractivity contribution in [1.82, 2.24) is 20.4 Å². The first-order valence-electron chi connectivity index (χ1n) is 7.39. The zero-order valence-electron chi connectivity index (χ0n) is 12.6. The minimum absolute atomic E-state index is 0.109. The minimum atomic E-state index is -0.150. The molecular formula is C14H24N4O2. The molecule has 112 valence electrons. The van der Waals surface area contributed by atoms with E-state index >= 15 is 0 Å². The van der Waals surface area contributed by atoms with Crippen LogP contribution in [0.5, 0.6) is 0 Å². The Bertz CT molecular complexity index is 440. The zero-order valence-corrected chi connectivity index (χ0v) is 12.6. The monoisotopic (exact) mass is 280 g/mol. The van der Waals surface area contributed by atoms with Gasteiger partial charge in [-0.05, 0) is 26.3 Å². The number of aromatic nitrogens is 2. The second-order valence-electron chi connectivity index (χ2n) is 5.54. The molecule has 2 rings (SSSR count). The van der Waals surface area contributed by atoms with Crippen LogP contribution in [0.15, 0.2) is 4.42 Å². The molecule has 1 heterocycles. The van der Waals surface area contributed by atoms with E-state index in [9.17, 15) is 4.79 Å². The van der Waals surface area contributed by atoms with Gasteiger partial charge < -0.3 is 9.73 Å². The molecule has 1 aromatic heterocycles. The summed E-state index contributed by atoms with van der Waals surface area (Å²) in [7, 11) is 1.92. The van der Waals surface area contributed by atoms with Gasteiger partial charge in [0.25, 0.3) is 0 Å². The second kappa shape index (κ2) is 6.83. The van der Waals surface area contributed by atoms with Gasteiger partial charge in [-0.15, -0.1) is 10.2 Å². The molecule has 1 amide bonds. The van der Waals surface area contributed by atoms with Crippen LogP contribution in [-0.4, -0.2) is 40.1 Å². The first kappa shape index (κ1) is 15.0. The van der Waals surface area contributed by atoms with Gasteiger partial charge in [0.1, 0.15) is 0 Å². The van der Waals surface area contributed by atoms with Gasteiger partial charge in [-0.1, -0.05) is 19.8 Å². The molecule has 0 saturated heterocycles. The van der Waals surface area contributed by atoms with Crippen molar-refractivity contribution in [2.75, 3.05) is 7.05 Å². The summed E-state index contributed by atoms with van der Waals surface area (Å²) < 4.78 is 5.37. The highest BCUT2D eigenvalue weighted by atomic mass is 16.4. The van der Waals surface area contributed by atoms with Crippen molar-refractivity contribution < 1.29 is 9.21 Å². The number of hydrogen-bond donors (Lipinski definition) is 1. The number of amides is 1. The molecule has 1 aliphatic rings. The fourth-order valence-corrected chi connectivity index (χ4v) is 2.79. The Morgan fingerprint density at radius 1 is 1.45 bits per heavy atom. The third kappa shape index (κ3) is 3.79. The SMILES string of the molecule is CC[C@H](C(=O)NC1CCCC1)N(C)Cc1nnc(C)o1. The Hall–Kier alpha value is -1.43. The molecule has 0 aromatic carbocycles. The van der Waals surface area contributed by atoms with Gasteiger partial charge in [0.2, 0.25) is 17.7 Å². The molecule has 1 saturated carbocycles. The van der Waals surface area contributed by atoms with Crippen LogP contribution in [0.1, 0.15) is 50.8 Å². The fourth-order valence-electron chi connectivity index (χ4n) is 2.79. The summed E-state index contributed by atoms with van der Waals surface area (Å²) in [5.41, 5.74) is 0. The molecule has 0 bridgehead atoms. The third-order valence-electron chi connectivity index (χ3n) is 3.88. The molecule has 0 spiro atoms. The molecule has 1 aliphatic carbocycles. The van der Waals surface area contributed by atoms with E-state index in [1.807, 2.05) is 18.9 Å². The highest BCUT2D eigenvalue weighted by Gasteiger charge is 2.26. The van der Waals surface area contributed by atoms with Crippen LogP contribution in [0, 0.1) is 6.92 Å². The van der Waals surface area contributed by atoms with Crippen molar-refractivity contribution in [1.29, 1.82) is 0 Å². The lowest BCUT2D eigenvalue weighted by molar-refractivity contribution is -0.127. The number of carbonyl (C=O) groups excluding carboxylic acids is 1. The number of hydrogen-bond acceptors (Lipinski definition) is 5. The fraction of sp³-hybridized carbons (Fsp3) is 0.786. The largest absolute Gasteiger partial charge is 0.424 e. The van der Waals surface area contributed by atoms with E-state index in [-0.39, 0.29) is 11.9 Å². The molecule has 1 aromatic rings. The topological polar surface area (TPSA) is 71.3 Å². The number of carbonyl (C=O) groups is 1. The van der Waals surface area contributed by atoms with Gasteiger partial charge in [0.05, 0.1) is 12.6 Å². The Labute approximate surface area is 119 Å². The summed E-state index contributed by atoms with van der Waals surface area (Å²) >= 11 is 0. The first-order valence-corrected chi connectivity index (χ1v) is 7.39. The van der Waals surface area contributed by atoms with Gasteiger partial charge in [-0.25, -0.2) is 0 Å². The molecular weight excluding hydrogens is 256 g/mol. The summed E-state index contributed by atoms with van der Waals surface area (Å²) in [6, 6.07) is 0.207. The van der Waals surface area contributed by atoms with E-state index in [4.69, 9.17) is 4.42 Å². The van der Waals surface area contributed by atoms with E-state index in [0.717, 1.165) is 19.3 Å². The van der Waals surface area contributed by atoms with Crippen LogP contribution in [0.4, 0.5) is 0 Å². The zero-order chi connectivity index (χ0) is 14.5. The van der Waals surface area contributed by atoms with Crippen molar-refractivity contribution in [3.8, 4) is 0 Å². The molecule has 20 heavy (non-hydrogen) atoms. The Morgan fingerprint density at radius 2 is 2.15 bits per heavy atom. The van der Waals surface area contributed by atoms with Crippen LogP contribution in [-0.2, 0) is 11.3 Å². The first-order chi connectivity index (χ1) is 9.60. The third-order valence-corrected chi connectivity index (χ3v) is 3.88. The van der Waals surface area contributed by atoms with Gasteiger partial charge in [-0.2, -0.15) is 0 Å². The van der Waals surface area contributed by atoms with Gasteiger partial charge >= 0.3 is 0 Å². The normalized spacial score (nSPS) is 17.6. The summed E-state index contributed by atoms with van der Waals surface area (Å²) in [5, 5.41) is 10.9. The molecule has 6 nitrogen and oxygen atoms in total. The maximum Gasteiger partial charge on any atom is 0.237 e. The van der Waals surface area contributed by atoms with Crippen molar-refractivity contribution in [2.45, 2.75) is 64.6 Å². The van der Waals surface area contributed by atoms with Crippen LogP contribution < -0.4 is 5.32 Å². The predicted molar refractivity (Wildman–Crippen MR) is 75.0 cm³/mol. The lowest BCUT2D eigenvalue weighted by atomic mass is 10.1. The Morgan fingerprint density at radius 3 is 2.70 bits per heavy atom. The highest BCUT2D eigenvalue weighted by molar-refractivity contribution is 5.81. The molecule has 0 radical (unpaired) electrons. The quantitative estimate of drug-likeness (QED) is 0.858. The molecule has 1 fully saturated rings. The number of aryl methyl sites for hydroxylation is 1. The van der Waals surface area contributed by atoms with Crippen molar-refractivity contribution in [3.05, 3.63) is 11.8 Å². The molecule has 6 heteroatoms. The lowest BCUT2D eigenvalue weighted by Gasteiger charge is -2.26. The summed E-state index contributed by atoms with van der Waals surface area (Å²) in [6.07, 6.45) is 5.42. The van der Waals surface area contributed by atoms with E-state index < -0.39 is 0 Å². The highest BCUT2D eigenvalue weighted by Crippen LogP contribution is 2.18. The van der Waals surface area contributed by atoms with Crippen LogP contribution in [0.3, 0.4) is 0 Å². The van der Waals surface area contributed by atoms with Gasteiger partial charge in [0, 0.05) is 13.0 Å². The van der Waals surface area contributed by atoms with Crippen LogP contribution in [0.2, 0.25) is 0 Å². The van der Waals surface area contributed by atoms with Crippen molar-refractivity contribution >= 4 is 5.91 Å². The molecule has 1 N–H and O–H groups in total. The maximum absolute atomic E-state index is 12.3. The van der Waals surface area contributed by atoms with Gasteiger partial charge in [0.15, 0.2) is 0 Å². The van der Waals surface area contributed by atoms with E-state index in [0.29, 0.717) is 24.4 Å². The smallest absolute Gasteiger partial charge is 0.237 e. The van der Waals surface area contributed by atoms with E-state index in [1.165, 1.54) is 12.8 Å². The molecule has 0 unspecified atom stereocenters. The Balaban J connectivity index is 1.90. The number of rotatable bonds is 6. The molecule has 0 aliphatic heterocycles. The average molecular weight is 280 g/mol. The number of likely N-dealkylation sites (N-methyl/N-ethyl adjacent to an activating group) is 1. The van der Waals surface area contributed by atoms with E-state index in [2.05, 4.69) is 15.5 Å². The summed E-state index contributed by atoms with van der Waals surface area (Å²) in [4.78, 5) is 14.3. The average Bonchev–Trinajstić information content (AvgIpc) is 3.02. The number of nitrogens with one attached hydrogen (secondary N) is 1. The van der Waals surface area contributed by atoms with Crippen molar-refractivity contribution in [2.24, 2.45) is 0 Å². The molecule has 1 atom stereocenters. The van der Waals surface area contributed by atoms with Gasteiger partial charge in [-0.3, -0.25) is 9.69 Å². The minimum Gasteiger partial charge on any atom is -0.424 e. The second-order valence-corrected chi connectivity index (χ2v) is 5.54.